The fraction of sp³-hybridized carbons (Fsp3) is 0.320. The molecule has 0 aliphatic carbocycles. The monoisotopic (exact) mass is 482 g/mol. The number of ether oxygens (including phenoxy) is 3. The first-order valence-corrected chi connectivity index (χ1v) is 11.4. The number of nitrogens with zero attached hydrogens (tertiary/aromatic N) is 3. The van der Waals surface area contributed by atoms with Gasteiger partial charge in [0.1, 0.15) is 22.9 Å². The summed E-state index contributed by atoms with van der Waals surface area (Å²) in [5.41, 5.74) is 1.54. The van der Waals surface area contributed by atoms with Crippen LogP contribution in [0.15, 0.2) is 48.8 Å². The molecule has 0 bridgehead atoms. The van der Waals surface area contributed by atoms with Gasteiger partial charge in [-0.25, -0.2) is 9.97 Å². The summed E-state index contributed by atoms with van der Waals surface area (Å²) < 4.78 is 16.6. The van der Waals surface area contributed by atoms with Crippen LogP contribution in [0.2, 0.25) is 5.02 Å². The standard InChI is InChI=1S/C25H27ClN4O4/c1-16-5-4-6-18(13-16)34-25-23(27-9-10-28-25)30-11-7-17(8-12-30)24(31)29-22-20(26)14-19(32-2)15-21(22)33-3/h4-6,9-10,13-15,17H,7-8,11-12H2,1-3H3,(H,29,31). The number of methoxy groups -OCH3 is 2. The molecule has 0 spiro atoms. The Labute approximate surface area is 203 Å². The number of piperidine rings is 1. The normalized spacial score (nSPS) is 13.9. The Bertz CT molecular complexity index is 1170. The largest absolute Gasteiger partial charge is 0.497 e. The molecule has 9 heteroatoms. The van der Waals surface area contributed by atoms with Crippen LogP contribution in [0.1, 0.15) is 18.4 Å². The fourth-order valence-electron chi connectivity index (χ4n) is 3.93. The molecule has 2 heterocycles. The molecule has 0 atom stereocenters. The summed E-state index contributed by atoms with van der Waals surface area (Å²) in [7, 11) is 3.07. The number of rotatable bonds is 7. The number of anilines is 2. The highest BCUT2D eigenvalue weighted by Gasteiger charge is 2.28. The summed E-state index contributed by atoms with van der Waals surface area (Å²) in [6.45, 7) is 3.30. The molecule has 1 amide bonds. The lowest BCUT2D eigenvalue weighted by molar-refractivity contribution is -0.120. The van der Waals surface area contributed by atoms with Crippen molar-refractivity contribution >= 4 is 29.0 Å². The summed E-state index contributed by atoms with van der Waals surface area (Å²) in [4.78, 5) is 24.0. The molecule has 3 aromatic rings. The number of aryl methyl sites for hydroxylation is 1. The number of carbonyl (C=O) groups is 1. The van der Waals surface area contributed by atoms with Crippen LogP contribution in [0.3, 0.4) is 0 Å². The molecule has 8 nitrogen and oxygen atoms in total. The molecule has 34 heavy (non-hydrogen) atoms. The van der Waals surface area contributed by atoms with Gasteiger partial charge in [-0.3, -0.25) is 4.79 Å². The molecule has 178 valence electrons. The van der Waals surface area contributed by atoms with E-state index in [-0.39, 0.29) is 11.8 Å². The highest BCUT2D eigenvalue weighted by molar-refractivity contribution is 6.34. The van der Waals surface area contributed by atoms with Crippen LogP contribution in [0.25, 0.3) is 0 Å². The van der Waals surface area contributed by atoms with E-state index >= 15 is 0 Å². The average molecular weight is 483 g/mol. The van der Waals surface area contributed by atoms with Crippen LogP contribution in [0.5, 0.6) is 23.1 Å². The molecular formula is C25H27ClN4O4. The number of aromatic nitrogens is 2. The van der Waals surface area contributed by atoms with Crippen molar-refractivity contribution < 1.29 is 19.0 Å². The molecule has 1 aromatic heterocycles. The zero-order valence-corrected chi connectivity index (χ0v) is 20.1. The van der Waals surface area contributed by atoms with Gasteiger partial charge in [0.05, 0.1) is 19.2 Å². The first kappa shape index (κ1) is 23.6. The SMILES string of the molecule is COc1cc(Cl)c(NC(=O)C2CCN(c3nccnc3Oc3cccc(C)c3)CC2)c(OC)c1. The Hall–Kier alpha value is -3.52. The van der Waals surface area contributed by atoms with Crippen LogP contribution < -0.4 is 24.4 Å². The van der Waals surface area contributed by atoms with Gasteiger partial charge in [0.25, 0.3) is 5.88 Å². The van der Waals surface area contributed by atoms with E-state index in [1.165, 1.54) is 7.11 Å². The van der Waals surface area contributed by atoms with Crippen LogP contribution in [-0.2, 0) is 4.79 Å². The Morgan fingerprint density at radius 2 is 1.82 bits per heavy atom. The van der Waals surface area contributed by atoms with E-state index in [1.807, 2.05) is 31.2 Å². The van der Waals surface area contributed by atoms with Gasteiger partial charge in [-0.15, -0.1) is 0 Å². The van der Waals surface area contributed by atoms with E-state index in [1.54, 1.807) is 31.6 Å². The Morgan fingerprint density at radius 3 is 2.53 bits per heavy atom. The number of hydrogen-bond acceptors (Lipinski definition) is 7. The Kier molecular flexibility index (Phi) is 7.37. The van der Waals surface area contributed by atoms with Crippen molar-refractivity contribution in [3.05, 3.63) is 59.4 Å². The van der Waals surface area contributed by atoms with Crippen molar-refractivity contribution in [1.82, 2.24) is 9.97 Å². The molecular weight excluding hydrogens is 456 g/mol. The van der Waals surface area contributed by atoms with Crippen LogP contribution in [0, 0.1) is 12.8 Å². The molecule has 1 aliphatic heterocycles. The number of halogens is 1. The van der Waals surface area contributed by atoms with E-state index < -0.39 is 0 Å². The third-order valence-corrected chi connectivity index (χ3v) is 6.05. The molecule has 1 saturated heterocycles. The molecule has 0 unspecified atom stereocenters. The lowest BCUT2D eigenvalue weighted by atomic mass is 9.95. The lowest BCUT2D eigenvalue weighted by Crippen LogP contribution is -2.38. The summed E-state index contributed by atoms with van der Waals surface area (Å²) in [6.07, 6.45) is 4.57. The maximum atomic E-state index is 13.0. The van der Waals surface area contributed by atoms with Gasteiger partial charge < -0.3 is 24.4 Å². The fourth-order valence-corrected chi connectivity index (χ4v) is 4.18. The van der Waals surface area contributed by atoms with Gasteiger partial charge in [0, 0.05) is 43.5 Å². The average Bonchev–Trinajstić information content (AvgIpc) is 2.85. The predicted molar refractivity (Wildman–Crippen MR) is 131 cm³/mol. The van der Waals surface area contributed by atoms with E-state index in [0.717, 1.165) is 5.56 Å². The van der Waals surface area contributed by atoms with Gasteiger partial charge in [-0.05, 0) is 37.5 Å². The number of nitrogens with one attached hydrogen (secondary N) is 1. The van der Waals surface area contributed by atoms with E-state index in [9.17, 15) is 4.79 Å². The van der Waals surface area contributed by atoms with Crippen molar-refractivity contribution in [2.24, 2.45) is 5.92 Å². The molecule has 4 rings (SSSR count). The summed E-state index contributed by atoms with van der Waals surface area (Å²) in [5.74, 6) is 2.57. The highest BCUT2D eigenvalue weighted by Crippen LogP contribution is 2.38. The molecule has 0 saturated carbocycles. The van der Waals surface area contributed by atoms with E-state index in [0.29, 0.717) is 65.6 Å². The van der Waals surface area contributed by atoms with Crippen LogP contribution in [-0.4, -0.2) is 43.2 Å². The highest BCUT2D eigenvalue weighted by atomic mass is 35.5. The van der Waals surface area contributed by atoms with Gasteiger partial charge in [0.15, 0.2) is 5.82 Å². The van der Waals surface area contributed by atoms with Gasteiger partial charge in [0.2, 0.25) is 5.91 Å². The molecule has 1 N–H and O–H groups in total. The maximum absolute atomic E-state index is 13.0. The minimum atomic E-state index is -0.170. The first-order valence-electron chi connectivity index (χ1n) is 11.0. The van der Waals surface area contributed by atoms with Gasteiger partial charge in [-0.1, -0.05) is 23.7 Å². The van der Waals surface area contributed by atoms with Crippen molar-refractivity contribution in [3.63, 3.8) is 0 Å². The number of amides is 1. The van der Waals surface area contributed by atoms with Crippen LogP contribution in [0.4, 0.5) is 11.5 Å². The molecule has 1 fully saturated rings. The van der Waals surface area contributed by atoms with Crippen LogP contribution >= 0.6 is 11.6 Å². The smallest absolute Gasteiger partial charge is 0.263 e. The minimum Gasteiger partial charge on any atom is -0.497 e. The first-order chi connectivity index (χ1) is 16.5. The molecule has 0 radical (unpaired) electrons. The Morgan fingerprint density at radius 1 is 1.06 bits per heavy atom. The number of carbonyl (C=O) groups excluding carboxylic acids is 1. The number of hydrogen-bond donors (Lipinski definition) is 1. The summed E-state index contributed by atoms with van der Waals surface area (Å²) in [5, 5.41) is 3.29. The zero-order valence-electron chi connectivity index (χ0n) is 19.4. The second-order valence-corrected chi connectivity index (χ2v) is 8.45. The summed E-state index contributed by atoms with van der Waals surface area (Å²) >= 11 is 6.36. The third-order valence-electron chi connectivity index (χ3n) is 5.75. The Balaban J connectivity index is 1.42. The quantitative estimate of drug-likeness (QED) is 0.501. The lowest BCUT2D eigenvalue weighted by Gasteiger charge is -2.32. The van der Waals surface area contributed by atoms with Gasteiger partial charge >= 0.3 is 0 Å². The van der Waals surface area contributed by atoms with Crippen molar-refractivity contribution in [2.45, 2.75) is 19.8 Å². The van der Waals surface area contributed by atoms with E-state index in [2.05, 4.69) is 20.2 Å². The minimum absolute atomic E-state index is 0.0969. The van der Waals surface area contributed by atoms with E-state index in [4.69, 9.17) is 25.8 Å². The van der Waals surface area contributed by atoms with Crippen molar-refractivity contribution in [1.29, 1.82) is 0 Å². The maximum Gasteiger partial charge on any atom is 0.263 e. The third kappa shape index (κ3) is 5.34. The predicted octanol–water partition coefficient (Wildman–Crippen LogP) is 5.10. The van der Waals surface area contributed by atoms with Gasteiger partial charge in [-0.2, -0.15) is 0 Å². The molecule has 1 aliphatic rings. The number of benzene rings is 2. The molecule has 2 aromatic carbocycles. The van der Waals surface area contributed by atoms with Crippen molar-refractivity contribution in [2.75, 3.05) is 37.5 Å². The van der Waals surface area contributed by atoms with Crippen molar-refractivity contribution in [3.8, 4) is 23.1 Å². The topological polar surface area (TPSA) is 85.8 Å². The summed E-state index contributed by atoms with van der Waals surface area (Å²) in [6, 6.07) is 11.1. The second kappa shape index (κ2) is 10.6. The zero-order chi connectivity index (χ0) is 24.1. The second-order valence-electron chi connectivity index (χ2n) is 8.04.